The van der Waals surface area contributed by atoms with Gasteiger partial charge in [0.05, 0.1) is 18.1 Å². The van der Waals surface area contributed by atoms with Gasteiger partial charge in [-0.1, -0.05) is 19.9 Å². The van der Waals surface area contributed by atoms with Crippen LogP contribution in [0.15, 0.2) is 23.1 Å². The summed E-state index contributed by atoms with van der Waals surface area (Å²) in [5, 5.41) is 9.10. The van der Waals surface area contributed by atoms with Crippen molar-refractivity contribution in [2.75, 3.05) is 19.8 Å². The highest BCUT2D eigenvalue weighted by molar-refractivity contribution is 7.89. The van der Waals surface area contributed by atoms with Crippen LogP contribution in [0.25, 0.3) is 0 Å². The zero-order valence-electron chi connectivity index (χ0n) is 11.6. The third-order valence-electron chi connectivity index (χ3n) is 2.48. The lowest BCUT2D eigenvalue weighted by Gasteiger charge is -2.11. The van der Waals surface area contributed by atoms with Crippen LogP contribution in [0.2, 0.25) is 0 Å². The van der Waals surface area contributed by atoms with E-state index in [9.17, 15) is 12.8 Å². The predicted octanol–water partition coefficient (Wildman–Crippen LogP) is 1.27. The van der Waals surface area contributed by atoms with Gasteiger partial charge in [-0.05, 0) is 23.6 Å². The highest BCUT2D eigenvalue weighted by Crippen LogP contribution is 2.17. The smallest absolute Gasteiger partial charge is 0.241 e. The number of halogens is 1. The molecule has 0 saturated heterocycles. The molecule has 1 rings (SSSR count). The molecule has 2 N–H and O–H groups in total. The molecule has 0 spiro atoms. The molecule has 1 aromatic carbocycles. The molecule has 20 heavy (non-hydrogen) atoms. The standard InChI is InChI=1S/C13H20FNO4S/c1-10(2)9-19-6-5-15-20(17,18)13-7-12(14)4-3-11(13)8-16/h3-4,7,10,15-16H,5-6,8-9H2,1-2H3. The van der Waals surface area contributed by atoms with Crippen molar-refractivity contribution in [2.45, 2.75) is 25.3 Å². The number of ether oxygens (including phenoxy) is 1. The fourth-order valence-corrected chi connectivity index (χ4v) is 2.81. The Bertz CT molecular complexity index is 531. The number of hydrogen-bond donors (Lipinski definition) is 2. The first-order chi connectivity index (χ1) is 9.36. The van der Waals surface area contributed by atoms with E-state index in [4.69, 9.17) is 9.84 Å². The zero-order chi connectivity index (χ0) is 15.2. The average molecular weight is 305 g/mol. The molecule has 114 valence electrons. The fourth-order valence-electron chi connectivity index (χ4n) is 1.55. The SMILES string of the molecule is CC(C)COCCNS(=O)(=O)c1cc(F)ccc1CO. The largest absolute Gasteiger partial charge is 0.392 e. The predicted molar refractivity (Wildman–Crippen MR) is 73.2 cm³/mol. The Hall–Kier alpha value is -1.02. The summed E-state index contributed by atoms with van der Waals surface area (Å²) in [7, 11) is -3.86. The van der Waals surface area contributed by atoms with Crippen LogP contribution in [0.5, 0.6) is 0 Å². The lowest BCUT2D eigenvalue weighted by Crippen LogP contribution is -2.28. The lowest BCUT2D eigenvalue weighted by molar-refractivity contribution is 0.114. The molecule has 7 heteroatoms. The molecule has 0 amide bonds. The van der Waals surface area contributed by atoms with E-state index in [0.717, 1.165) is 12.1 Å². The maximum Gasteiger partial charge on any atom is 0.241 e. The second-order valence-electron chi connectivity index (χ2n) is 4.78. The number of nitrogens with one attached hydrogen (secondary N) is 1. The summed E-state index contributed by atoms with van der Waals surface area (Å²) >= 11 is 0. The number of benzene rings is 1. The molecule has 0 aliphatic heterocycles. The van der Waals surface area contributed by atoms with Gasteiger partial charge in [-0.3, -0.25) is 0 Å². The van der Waals surface area contributed by atoms with E-state index in [-0.39, 0.29) is 23.6 Å². The Labute approximate surface area is 118 Å². The molecule has 0 saturated carbocycles. The third-order valence-corrected chi connectivity index (χ3v) is 4.02. The van der Waals surface area contributed by atoms with E-state index in [2.05, 4.69) is 4.72 Å². The number of hydrogen-bond acceptors (Lipinski definition) is 4. The molecule has 0 atom stereocenters. The summed E-state index contributed by atoms with van der Waals surface area (Å²) < 4.78 is 44.8. The van der Waals surface area contributed by atoms with Crippen molar-refractivity contribution in [1.29, 1.82) is 0 Å². The summed E-state index contributed by atoms with van der Waals surface area (Å²) in [5.41, 5.74) is 0.155. The maximum absolute atomic E-state index is 13.1. The number of aliphatic hydroxyl groups is 1. The van der Waals surface area contributed by atoms with E-state index in [1.165, 1.54) is 6.07 Å². The Morgan fingerprint density at radius 3 is 2.70 bits per heavy atom. The highest BCUT2D eigenvalue weighted by atomic mass is 32.2. The maximum atomic E-state index is 13.1. The summed E-state index contributed by atoms with van der Waals surface area (Å²) in [6, 6.07) is 3.25. The Balaban J connectivity index is 2.67. The minimum atomic E-state index is -3.86. The van der Waals surface area contributed by atoms with Gasteiger partial charge in [0.2, 0.25) is 10.0 Å². The van der Waals surface area contributed by atoms with E-state index in [1.807, 2.05) is 13.8 Å². The van der Waals surface area contributed by atoms with Gasteiger partial charge in [0.1, 0.15) is 5.82 Å². The zero-order valence-corrected chi connectivity index (χ0v) is 12.4. The van der Waals surface area contributed by atoms with E-state index in [0.29, 0.717) is 12.5 Å². The molecule has 0 radical (unpaired) electrons. The molecule has 0 unspecified atom stereocenters. The molecular formula is C13H20FNO4S. The normalized spacial score (nSPS) is 12.1. The van der Waals surface area contributed by atoms with Crippen molar-refractivity contribution >= 4 is 10.0 Å². The van der Waals surface area contributed by atoms with Crippen molar-refractivity contribution in [3.05, 3.63) is 29.6 Å². The topological polar surface area (TPSA) is 75.6 Å². The summed E-state index contributed by atoms with van der Waals surface area (Å²) in [6.07, 6.45) is 0. The van der Waals surface area contributed by atoms with Gasteiger partial charge >= 0.3 is 0 Å². The van der Waals surface area contributed by atoms with E-state index >= 15 is 0 Å². The number of rotatable bonds is 8. The minimum Gasteiger partial charge on any atom is -0.392 e. The molecule has 0 bridgehead atoms. The first-order valence-electron chi connectivity index (χ1n) is 6.33. The summed E-state index contributed by atoms with van der Waals surface area (Å²) in [5.74, 6) is -0.297. The monoisotopic (exact) mass is 305 g/mol. The van der Waals surface area contributed by atoms with Crippen LogP contribution < -0.4 is 4.72 Å². The quantitative estimate of drug-likeness (QED) is 0.709. The molecule has 0 aliphatic carbocycles. The fraction of sp³-hybridized carbons (Fsp3) is 0.538. The summed E-state index contributed by atoms with van der Waals surface area (Å²) in [4.78, 5) is -0.246. The van der Waals surface area contributed by atoms with Gasteiger partial charge < -0.3 is 9.84 Å². The molecule has 0 aromatic heterocycles. The van der Waals surface area contributed by atoms with E-state index < -0.39 is 22.4 Å². The van der Waals surface area contributed by atoms with Gasteiger partial charge in [0.25, 0.3) is 0 Å². The Morgan fingerprint density at radius 1 is 1.40 bits per heavy atom. The molecule has 0 fully saturated rings. The third kappa shape index (κ3) is 5.16. The Morgan fingerprint density at radius 2 is 2.10 bits per heavy atom. The van der Waals surface area contributed by atoms with Crippen molar-refractivity contribution in [3.8, 4) is 0 Å². The van der Waals surface area contributed by atoms with Crippen LogP contribution in [-0.4, -0.2) is 33.3 Å². The highest BCUT2D eigenvalue weighted by Gasteiger charge is 2.18. The van der Waals surface area contributed by atoms with Crippen LogP contribution in [-0.2, 0) is 21.4 Å². The van der Waals surface area contributed by atoms with Gasteiger partial charge in [0, 0.05) is 13.2 Å². The van der Waals surface area contributed by atoms with Crippen LogP contribution in [0.1, 0.15) is 19.4 Å². The second-order valence-corrected chi connectivity index (χ2v) is 6.51. The van der Waals surface area contributed by atoms with Crippen molar-refractivity contribution in [3.63, 3.8) is 0 Å². The van der Waals surface area contributed by atoms with Crippen molar-refractivity contribution in [2.24, 2.45) is 5.92 Å². The van der Waals surface area contributed by atoms with Gasteiger partial charge in [-0.15, -0.1) is 0 Å². The number of sulfonamides is 1. The van der Waals surface area contributed by atoms with Gasteiger partial charge in [-0.25, -0.2) is 17.5 Å². The molecule has 5 nitrogen and oxygen atoms in total. The molecular weight excluding hydrogens is 285 g/mol. The van der Waals surface area contributed by atoms with Crippen LogP contribution in [0, 0.1) is 11.7 Å². The van der Waals surface area contributed by atoms with Gasteiger partial charge in [0.15, 0.2) is 0 Å². The van der Waals surface area contributed by atoms with Gasteiger partial charge in [-0.2, -0.15) is 0 Å². The molecule has 0 aliphatic rings. The minimum absolute atomic E-state index is 0.0937. The first kappa shape index (κ1) is 17.0. The van der Waals surface area contributed by atoms with Crippen LogP contribution >= 0.6 is 0 Å². The van der Waals surface area contributed by atoms with Crippen molar-refractivity contribution < 1.29 is 22.7 Å². The van der Waals surface area contributed by atoms with Crippen LogP contribution in [0.3, 0.4) is 0 Å². The summed E-state index contributed by atoms with van der Waals surface area (Å²) in [6.45, 7) is 4.39. The first-order valence-corrected chi connectivity index (χ1v) is 7.82. The average Bonchev–Trinajstić information content (AvgIpc) is 2.37. The van der Waals surface area contributed by atoms with Crippen molar-refractivity contribution in [1.82, 2.24) is 4.72 Å². The van der Waals surface area contributed by atoms with Crippen LogP contribution in [0.4, 0.5) is 4.39 Å². The molecule has 1 aromatic rings. The Kier molecular flexibility index (Phi) is 6.54. The lowest BCUT2D eigenvalue weighted by atomic mass is 10.2. The van der Waals surface area contributed by atoms with E-state index in [1.54, 1.807) is 0 Å². The second kappa shape index (κ2) is 7.68. The number of aliphatic hydroxyl groups excluding tert-OH is 1. The molecule has 0 heterocycles.